The molecular formula is C7H7N2S. The lowest BCUT2D eigenvalue weighted by atomic mass is 10.1. The summed E-state index contributed by atoms with van der Waals surface area (Å²) in [6, 6.07) is 2.03. The van der Waals surface area contributed by atoms with Crippen LogP contribution in [0.3, 0.4) is 0 Å². The lowest BCUT2D eigenvalue weighted by Crippen LogP contribution is -1.88. The van der Waals surface area contributed by atoms with Gasteiger partial charge in [-0.3, -0.25) is 0 Å². The molecular weight excluding hydrogens is 144 g/mol. The second-order valence-electron chi connectivity index (χ2n) is 1.97. The largest absolute Gasteiger partial charge is 0.245 e. The van der Waals surface area contributed by atoms with Crippen LogP contribution in [0.1, 0.15) is 16.6 Å². The predicted octanol–water partition coefficient (Wildman–Crippen LogP) is 1.89. The summed E-state index contributed by atoms with van der Waals surface area (Å²) in [5.74, 6) is -0.315. The Morgan fingerprint density at radius 1 is 1.90 bits per heavy atom. The standard InChI is InChI=1S/C7H7N2S/c1-5(3-8)7-4-10-6(2)9-7/h4-5H,1H2,2H3. The van der Waals surface area contributed by atoms with E-state index in [0.29, 0.717) is 0 Å². The van der Waals surface area contributed by atoms with Gasteiger partial charge >= 0.3 is 0 Å². The van der Waals surface area contributed by atoms with Gasteiger partial charge in [-0.25, -0.2) is 4.98 Å². The number of thiazole rings is 1. The topological polar surface area (TPSA) is 36.7 Å². The van der Waals surface area contributed by atoms with Crippen LogP contribution >= 0.6 is 11.3 Å². The molecule has 1 aromatic rings. The molecule has 1 unspecified atom stereocenters. The van der Waals surface area contributed by atoms with Gasteiger partial charge < -0.3 is 0 Å². The lowest BCUT2D eigenvalue weighted by molar-refractivity contribution is 1.01. The number of aryl methyl sites for hydroxylation is 1. The molecule has 0 aromatic carbocycles. The molecule has 1 radical (unpaired) electrons. The van der Waals surface area contributed by atoms with Crippen molar-refractivity contribution in [2.75, 3.05) is 0 Å². The molecule has 0 bridgehead atoms. The molecule has 0 saturated heterocycles. The fourth-order valence-corrected chi connectivity index (χ4v) is 1.27. The van der Waals surface area contributed by atoms with Gasteiger partial charge in [0, 0.05) is 5.38 Å². The van der Waals surface area contributed by atoms with E-state index in [-0.39, 0.29) is 5.92 Å². The minimum Gasteiger partial charge on any atom is -0.245 e. The third kappa shape index (κ3) is 1.34. The highest BCUT2D eigenvalue weighted by molar-refractivity contribution is 7.09. The van der Waals surface area contributed by atoms with Crippen molar-refractivity contribution in [1.82, 2.24) is 4.98 Å². The smallest absolute Gasteiger partial charge is 0.0897 e. The van der Waals surface area contributed by atoms with Crippen LogP contribution in [0.5, 0.6) is 0 Å². The van der Waals surface area contributed by atoms with E-state index in [0.717, 1.165) is 10.7 Å². The van der Waals surface area contributed by atoms with Gasteiger partial charge in [0.15, 0.2) is 0 Å². The van der Waals surface area contributed by atoms with Crippen LogP contribution < -0.4 is 0 Å². The average molecular weight is 151 g/mol. The molecule has 0 saturated carbocycles. The molecule has 1 atom stereocenters. The van der Waals surface area contributed by atoms with E-state index in [1.54, 1.807) is 11.3 Å². The number of aromatic nitrogens is 1. The Bertz CT molecular complexity index is 259. The summed E-state index contributed by atoms with van der Waals surface area (Å²) in [5, 5.41) is 11.3. The zero-order valence-corrected chi connectivity index (χ0v) is 6.48. The van der Waals surface area contributed by atoms with E-state index < -0.39 is 0 Å². The van der Waals surface area contributed by atoms with Crippen LogP contribution in [0, 0.1) is 25.2 Å². The Balaban J connectivity index is 2.87. The predicted molar refractivity (Wildman–Crippen MR) is 40.6 cm³/mol. The quantitative estimate of drug-likeness (QED) is 0.614. The lowest BCUT2D eigenvalue weighted by Gasteiger charge is -1.91. The summed E-state index contributed by atoms with van der Waals surface area (Å²) in [6.07, 6.45) is 0. The third-order valence-electron chi connectivity index (χ3n) is 1.15. The van der Waals surface area contributed by atoms with Gasteiger partial charge in [-0.2, -0.15) is 5.26 Å². The van der Waals surface area contributed by atoms with Crippen LogP contribution in [-0.4, -0.2) is 4.98 Å². The summed E-state index contributed by atoms with van der Waals surface area (Å²) >= 11 is 1.55. The molecule has 0 aliphatic heterocycles. The van der Waals surface area contributed by atoms with Crippen molar-refractivity contribution in [3.63, 3.8) is 0 Å². The van der Waals surface area contributed by atoms with Crippen LogP contribution in [0.4, 0.5) is 0 Å². The fourth-order valence-electron chi connectivity index (χ4n) is 0.606. The Hall–Kier alpha value is -0.880. The first kappa shape index (κ1) is 7.23. The van der Waals surface area contributed by atoms with Gasteiger partial charge in [-0.15, -0.1) is 11.3 Å². The molecule has 0 N–H and O–H groups in total. The fraction of sp³-hybridized carbons (Fsp3) is 0.286. The zero-order valence-electron chi connectivity index (χ0n) is 5.66. The van der Waals surface area contributed by atoms with E-state index in [9.17, 15) is 0 Å². The summed E-state index contributed by atoms with van der Waals surface area (Å²) in [4.78, 5) is 4.11. The number of nitrogens with zero attached hydrogens (tertiary/aromatic N) is 2. The minimum atomic E-state index is -0.315. The van der Waals surface area contributed by atoms with Crippen molar-refractivity contribution in [2.24, 2.45) is 0 Å². The van der Waals surface area contributed by atoms with Gasteiger partial charge in [-0.05, 0) is 13.8 Å². The third-order valence-corrected chi connectivity index (χ3v) is 1.94. The van der Waals surface area contributed by atoms with Crippen molar-refractivity contribution in [3.8, 4) is 6.07 Å². The Labute approximate surface area is 64.1 Å². The number of nitriles is 1. The van der Waals surface area contributed by atoms with Crippen LogP contribution in [0.25, 0.3) is 0 Å². The monoisotopic (exact) mass is 151 g/mol. The molecule has 10 heavy (non-hydrogen) atoms. The van der Waals surface area contributed by atoms with Crippen molar-refractivity contribution >= 4 is 11.3 Å². The first-order valence-corrected chi connectivity index (χ1v) is 3.76. The normalized spacial score (nSPS) is 12.5. The van der Waals surface area contributed by atoms with Gasteiger partial charge in [-0.1, -0.05) is 0 Å². The SMILES string of the molecule is [CH2]C(C#N)c1csc(C)n1. The zero-order chi connectivity index (χ0) is 7.56. The van der Waals surface area contributed by atoms with E-state index in [1.165, 1.54) is 0 Å². The number of hydrogen-bond acceptors (Lipinski definition) is 3. The number of rotatable bonds is 1. The maximum Gasteiger partial charge on any atom is 0.0897 e. The molecule has 51 valence electrons. The summed E-state index contributed by atoms with van der Waals surface area (Å²) in [7, 11) is 0. The molecule has 0 amide bonds. The number of hydrogen-bond donors (Lipinski definition) is 0. The average Bonchev–Trinajstić information content (AvgIpc) is 2.34. The molecule has 3 heteroatoms. The highest BCUT2D eigenvalue weighted by Gasteiger charge is 2.05. The Morgan fingerprint density at radius 3 is 3.00 bits per heavy atom. The molecule has 1 rings (SSSR count). The van der Waals surface area contributed by atoms with E-state index in [1.807, 2.05) is 18.4 Å². The summed E-state index contributed by atoms with van der Waals surface area (Å²) in [6.45, 7) is 5.54. The maximum absolute atomic E-state index is 8.45. The highest BCUT2D eigenvalue weighted by atomic mass is 32.1. The maximum atomic E-state index is 8.45. The van der Waals surface area contributed by atoms with E-state index in [4.69, 9.17) is 5.26 Å². The van der Waals surface area contributed by atoms with Crippen LogP contribution in [-0.2, 0) is 0 Å². The van der Waals surface area contributed by atoms with Crippen LogP contribution in [0.2, 0.25) is 0 Å². The van der Waals surface area contributed by atoms with Gasteiger partial charge in [0.05, 0.1) is 22.7 Å². The van der Waals surface area contributed by atoms with Gasteiger partial charge in [0.1, 0.15) is 0 Å². The second-order valence-corrected chi connectivity index (χ2v) is 3.04. The second kappa shape index (κ2) is 2.80. The summed E-state index contributed by atoms with van der Waals surface area (Å²) < 4.78 is 0. The van der Waals surface area contributed by atoms with Crippen LogP contribution in [0.15, 0.2) is 5.38 Å². The summed E-state index contributed by atoms with van der Waals surface area (Å²) in [5.41, 5.74) is 0.782. The van der Waals surface area contributed by atoms with Crippen molar-refractivity contribution in [1.29, 1.82) is 5.26 Å². The van der Waals surface area contributed by atoms with Crippen molar-refractivity contribution < 1.29 is 0 Å². The van der Waals surface area contributed by atoms with E-state index in [2.05, 4.69) is 11.9 Å². The van der Waals surface area contributed by atoms with Crippen molar-refractivity contribution in [3.05, 3.63) is 23.0 Å². The molecule has 2 nitrogen and oxygen atoms in total. The first-order valence-electron chi connectivity index (χ1n) is 2.88. The molecule has 1 aromatic heterocycles. The van der Waals surface area contributed by atoms with Crippen molar-refractivity contribution in [2.45, 2.75) is 12.8 Å². The van der Waals surface area contributed by atoms with E-state index >= 15 is 0 Å². The Kier molecular flexibility index (Phi) is 2.03. The highest BCUT2D eigenvalue weighted by Crippen LogP contribution is 2.15. The first-order chi connectivity index (χ1) is 4.74. The molecule has 0 aliphatic rings. The molecule has 0 aliphatic carbocycles. The minimum absolute atomic E-state index is 0.315. The Morgan fingerprint density at radius 2 is 2.60 bits per heavy atom. The van der Waals surface area contributed by atoms with Gasteiger partial charge in [0.2, 0.25) is 0 Å². The molecule has 0 fully saturated rings. The van der Waals surface area contributed by atoms with Gasteiger partial charge in [0.25, 0.3) is 0 Å². The molecule has 0 spiro atoms. The molecule has 1 heterocycles.